The molecule has 0 aromatic rings. The minimum absolute atomic E-state index is 0.144. The number of rotatable bonds is 2. The first-order valence-corrected chi connectivity index (χ1v) is 10.6. The smallest absolute Gasteiger partial charge is 0.190 e. The Kier molecular flexibility index (Phi) is 4.55. The Balaban J connectivity index is 1.35. The van der Waals surface area contributed by atoms with Crippen LogP contribution in [0.25, 0.3) is 0 Å². The van der Waals surface area contributed by atoms with Crippen molar-refractivity contribution in [3.05, 3.63) is 0 Å². The van der Waals surface area contributed by atoms with Gasteiger partial charge in [-0.25, -0.2) is 0 Å². The monoisotopic (exact) mass is 378 g/mol. The molecule has 0 aromatic heterocycles. The van der Waals surface area contributed by atoms with Crippen molar-refractivity contribution in [2.75, 3.05) is 6.61 Å². The van der Waals surface area contributed by atoms with Crippen LogP contribution in [0.15, 0.2) is 0 Å². The molecule has 27 heavy (non-hydrogen) atoms. The van der Waals surface area contributed by atoms with E-state index in [1.54, 1.807) is 0 Å². The Morgan fingerprint density at radius 2 is 1.52 bits per heavy atom. The van der Waals surface area contributed by atoms with Crippen LogP contribution in [-0.4, -0.2) is 53.5 Å². The second kappa shape index (κ2) is 6.69. The molecule has 2 aliphatic carbocycles. The molecule has 2 saturated carbocycles. The van der Waals surface area contributed by atoms with Crippen molar-refractivity contribution in [1.29, 1.82) is 0 Å². The van der Waals surface area contributed by atoms with Gasteiger partial charge in [0.05, 0.1) is 6.61 Å². The first-order chi connectivity index (χ1) is 13.1. The predicted octanol–water partition coefficient (Wildman–Crippen LogP) is 2.62. The standard InChI is InChI=1S/C21H30O6/c1-2-9-21(22)16(15-14-23-19(25-15)10-5-3-6-11-19)24-18-17(21)26-20(27-18)12-7-4-8-13-20/h1,15-18,22H,3-14H2/t15-,16-,17+,18-,21+/m1/s1. The zero-order valence-corrected chi connectivity index (χ0v) is 15.9. The van der Waals surface area contributed by atoms with Crippen molar-refractivity contribution in [3.8, 4) is 12.3 Å². The minimum Gasteiger partial charge on any atom is -0.383 e. The van der Waals surface area contributed by atoms with Crippen LogP contribution in [0.5, 0.6) is 0 Å². The molecule has 3 saturated heterocycles. The van der Waals surface area contributed by atoms with Gasteiger partial charge in [-0.3, -0.25) is 0 Å². The zero-order chi connectivity index (χ0) is 18.5. The largest absolute Gasteiger partial charge is 0.383 e. The van der Waals surface area contributed by atoms with Crippen LogP contribution in [-0.2, 0) is 23.7 Å². The Bertz CT molecular complexity index is 602. The Morgan fingerprint density at radius 1 is 0.852 bits per heavy atom. The third-order valence-corrected chi connectivity index (χ3v) is 7.02. The lowest BCUT2D eigenvalue weighted by atomic mass is 9.86. The third-order valence-electron chi connectivity index (χ3n) is 7.02. The average Bonchev–Trinajstić information content (AvgIpc) is 3.30. The highest BCUT2D eigenvalue weighted by atomic mass is 16.8. The van der Waals surface area contributed by atoms with Crippen LogP contribution in [0.2, 0.25) is 0 Å². The lowest BCUT2D eigenvalue weighted by molar-refractivity contribution is -0.272. The molecule has 5 aliphatic rings. The number of hydrogen-bond donors (Lipinski definition) is 1. The Hall–Kier alpha value is -0.680. The molecule has 0 radical (unpaired) electrons. The number of ether oxygens (including phenoxy) is 5. The van der Waals surface area contributed by atoms with E-state index in [0.29, 0.717) is 6.61 Å². The van der Waals surface area contributed by atoms with Gasteiger partial charge in [0.1, 0.15) is 23.9 Å². The van der Waals surface area contributed by atoms with E-state index < -0.39 is 35.7 Å². The molecule has 0 unspecified atom stereocenters. The van der Waals surface area contributed by atoms with Crippen LogP contribution in [0.4, 0.5) is 0 Å². The van der Waals surface area contributed by atoms with Crippen molar-refractivity contribution in [2.24, 2.45) is 0 Å². The molecule has 6 heteroatoms. The van der Waals surface area contributed by atoms with E-state index in [1.807, 2.05) is 0 Å². The van der Waals surface area contributed by atoms with Gasteiger partial charge in [-0.05, 0) is 25.7 Å². The average molecular weight is 378 g/mol. The predicted molar refractivity (Wildman–Crippen MR) is 95.5 cm³/mol. The van der Waals surface area contributed by atoms with Gasteiger partial charge in [0.15, 0.2) is 17.9 Å². The van der Waals surface area contributed by atoms with E-state index in [9.17, 15) is 5.11 Å². The van der Waals surface area contributed by atoms with Crippen molar-refractivity contribution in [3.63, 3.8) is 0 Å². The van der Waals surface area contributed by atoms with E-state index in [1.165, 1.54) is 12.8 Å². The van der Waals surface area contributed by atoms with E-state index in [2.05, 4.69) is 5.92 Å². The van der Waals surface area contributed by atoms with Crippen LogP contribution in [0, 0.1) is 12.3 Å². The first-order valence-electron chi connectivity index (χ1n) is 10.6. The Morgan fingerprint density at radius 3 is 2.19 bits per heavy atom. The number of terminal acetylenes is 1. The van der Waals surface area contributed by atoms with Crippen LogP contribution >= 0.6 is 0 Å². The molecule has 5 fully saturated rings. The van der Waals surface area contributed by atoms with Crippen LogP contribution < -0.4 is 0 Å². The molecule has 150 valence electrons. The fraction of sp³-hybridized carbons (Fsp3) is 0.905. The SMILES string of the molecule is C#CC[C@]1(O)[C@@H]([C@H]2COC3(CCCCC3)O2)O[C@@H]2OC3(CCCCC3)O[C@@H]21. The summed E-state index contributed by atoms with van der Waals surface area (Å²) in [4.78, 5) is 0. The van der Waals surface area contributed by atoms with Crippen molar-refractivity contribution in [2.45, 2.75) is 112 Å². The van der Waals surface area contributed by atoms with Crippen molar-refractivity contribution in [1.82, 2.24) is 0 Å². The molecule has 5 rings (SSSR count). The van der Waals surface area contributed by atoms with Gasteiger partial charge < -0.3 is 28.8 Å². The fourth-order valence-corrected chi connectivity index (χ4v) is 5.63. The molecule has 3 aliphatic heterocycles. The summed E-state index contributed by atoms with van der Waals surface area (Å²) in [5.41, 5.74) is -1.32. The maximum atomic E-state index is 11.6. The van der Waals surface area contributed by atoms with Gasteiger partial charge in [-0.15, -0.1) is 12.3 Å². The summed E-state index contributed by atoms with van der Waals surface area (Å²) < 4.78 is 31.1. The summed E-state index contributed by atoms with van der Waals surface area (Å²) >= 11 is 0. The lowest BCUT2D eigenvalue weighted by Gasteiger charge is -2.38. The van der Waals surface area contributed by atoms with Gasteiger partial charge in [-0.2, -0.15) is 0 Å². The minimum atomic E-state index is -1.32. The molecule has 3 heterocycles. The fourth-order valence-electron chi connectivity index (χ4n) is 5.63. The van der Waals surface area contributed by atoms with Crippen molar-refractivity contribution >= 4 is 0 Å². The van der Waals surface area contributed by atoms with Gasteiger partial charge in [0.25, 0.3) is 0 Å². The van der Waals surface area contributed by atoms with E-state index in [0.717, 1.165) is 51.4 Å². The quantitative estimate of drug-likeness (QED) is 0.745. The number of fused-ring (bicyclic) bond motifs is 1. The summed E-state index contributed by atoms with van der Waals surface area (Å²) in [6.07, 6.45) is 13.8. The summed E-state index contributed by atoms with van der Waals surface area (Å²) in [6, 6.07) is 0. The topological polar surface area (TPSA) is 66.4 Å². The summed E-state index contributed by atoms with van der Waals surface area (Å²) in [7, 11) is 0. The molecule has 5 atom stereocenters. The van der Waals surface area contributed by atoms with E-state index in [4.69, 9.17) is 30.1 Å². The maximum Gasteiger partial charge on any atom is 0.190 e. The highest BCUT2D eigenvalue weighted by Gasteiger charge is 2.67. The highest BCUT2D eigenvalue weighted by molar-refractivity contribution is 5.13. The summed E-state index contributed by atoms with van der Waals surface area (Å²) in [6.45, 7) is 0.405. The first kappa shape index (κ1) is 18.4. The van der Waals surface area contributed by atoms with Crippen LogP contribution in [0.1, 0.15) is 70.6 Å². The number of aliphatic hydroxyl groups is 1. The van der Waals surface area contributed by atoms with Crippen LogP contribution in [0.3, 0.4) is 0 Å². The molecule has 0 bridgehead atoms. The highest BCUT2D eigenvalue weighted by Crippen LogP contribution is 2.51. The maximum absolute atomic E-state index is 11.6. The van der Waals surface area contributed by atoms with Crippen molar-refractivity contribution < 1.29 is 28.8 Å². The second-order valence-electron chi connectivity index (χ2n) is 8.86. The molecular formula is C21H30O6. The van der Waals surface area contributed by atoms with Gasteiger partial charge in [-0.1, -0.05) is 12.8 Å². The third kappa shape index (κ3) is 2.95. The van der Waals surface area contributed by atoms with E-state index >= 15 is 0 Å². The molecule has 2 spiro atoms. The molecule has 6 nitrogen and oxygen atoms in total. The molecule has 0 aromatic carbocycles. The van der Waals surface area contributed by atoms with Gasteiger partial charge in [0.2, 0.25) is 0 Å². The zero-order valence-electron chi connectivity index (χ0n) is 15.9. The summed E-state index contributed by atoms with van der Waals surface area (Å²) in [5.74, 6) is 1.47. The van der Waals surface area contributed by atoms with Gasteiger partial charge in [0, 0.05) is 32.1 Å². The van der Waals surface area contributed by atoms with E-state index in [-0.39, 0.29) is 12.5 Å². The Labute approximate surface area is 160 Å². The normalized spacial score (nSPS) is 45.2. The number of hydrogen-bond acceptors (Lipinski definition) is 6. The second-order valence-corrected chi connectivity index (χ2v) is 8.86. The molecule has 1 N–H and O–H groups in total. The van der Waals surface area contributed by atoms with Gasteiger partial charge >= 0.3 is 0 Å². The molecule has 0 amide bonds. The summed E-state index contributed by atoms with van der Waals surface area (Å²) in [5, 5.41) is 11.6. The molecular weight excluding hydrogens is 348 g/mol. The lowest BCUT2D eigenvalue weighted by Crippen LogP contribution is -2.54.